The number of aliphatic hydroxyl groups excluding tert-OH is 2. The van der Waals surface area contributed by atoms with Gasteiger partial charge >= 0.3 is 5.97 Å². The Labute approximate surface area is 216 Å². The lowest BCUT2D eigenvalue weighted by Gasteiger charge is -2.20. The number of hydrogen-bond donors (Lipinski definition) is 3. The molecule has 0 aromatic heterocycles. The van der Waals surface area contributed by atoms with Crippen molar-refractivity contribution in [2.75, 3.05) is 33.0 Å². The molecule has 0 radical (unpaired) electrons. The van der Waals surface area contributed by atoms with Crippen molar-refractivity contribution in [1.82, 2.24) is 5.23 Å². The van der Waals surface area contributed by atoms with Crippen LogP contribution in [0.2, 0.25) is 0 Å². The SMILES string of the molecule is CCCCCCCCCCCC(=O)O.CCCCCCCCCCCCN(OCCO)OCCO. The number of hydrogen-bond acceptors (Lipinski definition) is 6. The van der Waals surface area contributed by atoms with Gasteiger partial charge < -0.3 is 15.3 Å². The number of aliphatic hydroxyl groups is 2. The summed E-state index contributed by atoms with van der Waals surface area (Å²) in [7, 11) is 0. The lowest BCUT2D eigenvalue weighted by molar-refractivity contribution is -0.371. The van der Waals surface area contributed by atoms with Crippen LogP contribution in [0.4, 0.5) is 0 Å². The second kappa shape index (κ2) is 33.3. The van der Waals surface area contributed by atoms with Crippen LogP contribution in [-0.2, 0) is 14.5 Å². The average Bonchev–Trinajstić information content (AvgIpc) is 2.85. The fourth-order valence-electron chi connectivity index (χ4n) is 3.77. The Morgan fingerprint density at radius 3 is 1.26 bits per heavy atom. The van der Waals surface area contributed by atoms with Crippen LogP contribution in [0.1, 0.15) is 142 Å². The number of rotatable bonds is 27. The first-order chi connectivity index (χ1) is 17.1. The normalized spacial score (nSPS) is 11.0. The first-order valence-electron chi connectivity index (χ1n) is 14.6. The van der Waals surface area contributed by atoms with Crippen LogP contribution in [0.5, 0.6) is 0 Å². The van der Waals surface area contributed by atoms with Crippen LogP contribution in [0.3, 0.4) is 0 Å². The molecule has 0 aromatic rings. The molecule has 0 saturated carbocycles. The van der Waals surface area contributed by atoms with Crippen LogP contribution < -0.4 is 0 Å². The van der Waals surface area contributed by atoms with Crippen molar-refractivity contribution in [3.05, 3.63) is 0 Å². The third kappa shape index (κ3) is 35.5. The van der Waals surface area contributed by atoms with Gasteiger partial charge in [-0.2, -0.15) is 0 Å². The third-order valence-electron chi connectivity index (χ3n) is 5.84. The Morgan fingerprint density at radius 1 is 0.571 bits per heavy atom. The van der Waals surface area contributed by atoms with Crippen LogP contribution in [0, 0.1) is 0 Å². The zero-order valence-electron chi connectivity index (χ0n) is 23.2. The van der Waals surface area contributed by atoms with Crippen LogP contribution in [0.15, 0.2) is 0 Å². The van der Waals surface area contributed by atoms with E-state index in [1.807, 2.05) is 0 Å². The van der Waals surface area contributed by atoms with E-state index < -0.39 is 5.97 Å². The van der Waals surface area contributed by atoms with E-state index in [-0.39, 0.29) is 26.4 Å². The number of carbonyl (C=O) groups is 1. The molecule has 0 aromatic carbocycles. The summed E-state index contributed by atoms with van der Waals surface area (Å²) < 4.78 is 0. The zero-order chi connectivity index (χ0) is 26.2. The Balaban J connectivity index is 0. The number of aliphatic carboxylic acids is 1. The monoisotopic (exact) mass is 505 g/mol. The van der Waals surface area contributed by atoms with E-state index in [0.29, 0.717) is 13.0 Å². The van der Waals surface area contributed by atoms with Gasteiger partial charge in [-0.1, -0.05) is 128 Å². The zero-order valence-corrected chi connectivity index (χ0v) is 23.2. The van der Waals surface area contributed by atoms with Gasteiger partial charge in [-0.15, -0.1) is 0 Å². The topological polar surface area (TPSA) is 99.5 Å². The maximum absolute atomic E-state index is 10.2. The average molecular weight is 506 g/mol. The Hall–Kier alpha value is -0.730. The predicted molar refractivity (Wildman–Crippen MR) is 144 cm³/mol. The fraction of sp³-hybridized carbons (Fsp3) is 0.964. The molecule has 7 heteroatoms. The standard InChI is InChI=1S/C16H35NO4.C12H24O2/c1-2-3-4-5-6-7-8-9-10-11-12-17(20-15-13-18)21-16-14-19;1-2-3-4-5-6-7-8-9-10-11-12(13)14/h18-19H,2-16H2,1H3;2-11H2,1H3,(H,13,14). The smallest absolute Gasteiger partial charge is 0.303 e. The highest BCUT2D eigenvalue weighted by Gasteiger charge is 2.05. The van der Waals surface area contributed by atoms with Crippen molar-refractivity contribution in [3.8, 4) is 0 Å². The lowest BCUT2D eigenvalue weighted by atomic mass is 10.1. The summed E-state index contributed by atoms with van der Waals surface area (Å²) in [6.07, 6.45) is 24.4. The van der Waals surface area contributed by atoms with Crippen molar-refractivity contribution in [2.24, 2.45) is 0 Å². The van der Waals surface area contributed by atoms with Gasteiger partial charge in [0.25, 0.3) is 0 Å². The molecule has 0 aliphatic heterocycles. The van der Waals surface area contributed by atoms with E-state index in [0.717, 1.165) is 25.7 Å². The molecule has 0 unspecified atom stereocenters. The number of carboxylic acids is 1. The van der Waals surface area contributed by atoms with Gasteiger partial charge in [0, 0.05) is 6.42 Å². The van der Waals surface area contributed by atoms with Gasteiger partial charge in [-0.25, -0.2) is 0 Å². The molecule has 0 atom stereocenters. The Kier molecular flexibility index (Phi) is 34.6. The molecule has 212 valence electrons. The van der Waals surface area contributed by atoms with Gasteiger partial charge in [-0.05, 0) is 12.8 Å². The van der Waals surface area contributed by atoms with E-state index >= 15 is 0 Å². The first-order valence-corrected chi connectivity index (χ1v) is 14.6. The van der Waals surface area contributed by atoms with Crippen LogP contribution >= 0.6 is 0 Å². The summed E-state index contributed by atoms with van der Waals surface area (Å²) in [5.41, 5.74) is 0. The van der Waals surface area contributed by atoms with Crippen molar-refractivity contribution in [2.45, 2.75) is 142 Å². The lowest BCUT2D eigenvalue weighted by Crippen LogP contribution is -2.28. The summed E-state index contributed by atoms with van der Waals surface area (Å²) in [5.74, 6) is -0.659. The minimum absolute atomic E-state index is 0.0307. The van der Waals surface area contributed by atoms with Gasteiger partial charge in [0.15, 0.2) is 0 Å². The van der Waals surface area contributed by atoms with E-state index in [1.54, 1.807) is 0 Å². The Morgan fingerprint density at radius 2 is 0.914 bits per heavy atom. The molecular formula is C28H59NO6. The summed E-state index contributed by atoms with van der Waals surface area (Å²) in [5, 5.41) is 27.3. The highest BCUT2D eigenvalue weighted by molar-refractivity contribution is 5.66. The second-order valence-electron chi connectivity index (χ2n) is 9.32. The molecule has 0 saturated heterocycles. The summed E-state index contributed by atoms with van der Waals surface area (Å²) in [4.78, 5) is 20.7. The van der Waals surface area contributed by atoms with Crippen LogP contribution in [0.25, 0.3) is 0 Å². The van der Waals surface area contributed by atoms with E-state index in [1.165, 1.54) is 102 Å². The number of unbranched alkanes of at least 4 members (excludes halogenated alkanes) is 17. The maximum Gasteiger partial charge on any atom is 0.303 e. The summed E-state index contributed by atoms with van der Waals surface area (Å²) in [6.45, 7) is 5.54. The molecule has 0 aliphatic rings. The molecule has 0 heterocycles. The second-order valence-corrected chi connectivity index (χ2v) is 9.32. The van der Waals surface area contributed by atoms with E-state index in [2.05, 4.69) is 13.8 Å². The molecule has 0 bridgehead atoms. The number of nitrogens with zero attached hydrogens (tertiary/aromatic N) is 1. The Bertz CT molecular complexity index is 390. The van der Waals surface area contributed by atoms with Crippen molar-refractivity contribution < 1.29 is 29.8 Å². The van der Waals surface area contributed by atoms with Crippen molar-refractivity contribution in [1.29, 1.82) is 0 Å². The molecule has 7 nitrogen and oxygen atoms in total. The summed E-state index contributed by atoms with van der Waals surface area (Å²) >= 11 is 0. The van der Waals surface area contributed by atoms with E-state index in [9.17, 15) is 4.79 Å². The number of hydroxylamine groups is 2. The van der Waals surface area contributed by atoms with Crippen molar-refractivity contribution >= 4 is 5.97 Å². The molecule has 0 aliphatic carbocycles. The molecule has 3 N–H and O–H groups in total. The highest BCUT2D eigenvalue weighted by atomic mass is 16.9. The molecule has 0 amide bonds. The van der Waals surface area contributed by atoms with Crippen LogP contribution in [-0.4, -0.2) is 59.5 Å². The third-order valence-corrected chi connectivity index (χ3v) is 5.84. The fourth-order valence-corrected chi connectivity index (χ4v) is 3.77. The molecule has 0 spiro atoms. The largest absolute Gasteiger partial charge is 0.481 e. The van der Waals surface area contributed by atoms with Gasteiger partial charge in [0.05, 0.1) is 33.0 Å². The van der Waals surface area contributed by atoms with E-state index in [4.69, 9.17) is 25.0 Å². The van der Waals surface area contributed by atoms with Crippen molar-refractivity contribution in [3.63, 3.8) is 0 Å². The maximum atomic E-state index is 10.2. The summed E-state index contributed by atoms with van der Waals surface area (Å²) in [6, 6.07) is 0. The molecule has 35 heavy (non-hydrogen) atoms. The minimum atomic E-state index is -0.659. The van der Waals surface area contributed by atoms with Gasteiger partial charge in [0.2, 0.25) is 0 Å². The quantitative estimate of drug-likeness (QED) is 0.0812. The molecule has 0 fully saturated rings. The highest BCUT2D eigenvalue weighted by Crippen LogP contribution is 2.11. The van der Waals surface area contributed by atoms with Gasteiger partial charge in [0.1, 0.15) is 0 Å². The number of carboxylic acid groups (broad SMARTS) is 1. The predicted octanol–water partition coefficient (Wildman–Crippen LogP) is 7.05. The molecule has 0 rings (SSSR count). The molecular weight excluding hydrogens is 446 g/mol. The van der Waals surface area contributed by atoms with Gasteiger partial charge in [-0.3, -0.25) is 14.5 Å². The minimum Gasteiger partial charge on any atom is -0.481 e. The first kappa shape index (κ1) is 36.4.